The zero-order valence-corrected chi connectivity index (χ0v) is 34.0. The number of rotatable bonds is 38. The van der Waals surface area contributed by atoms with Crippen LogP contribution in [0.15, 0.2) is 0 Å². The molecule has 0 saturated heterocycles. The topological polar surface area (TPSA) is 101 Å². The van der Waals surface area contributed by atoms with Crippen LogP contribution in [0.25, 0.3) is 0 Å². The summed E-state index contributed by atoms with van der Waals surface area (Å²) in [6.07, 6.45) is 28.3. The van der Waals surface area contributed by atoms with Gasteiger partial charge in [0.05, 0.1) is 32.8 Å². The number of aldehydes is 1. The van der Waals surface area contributed by atoms with Crippen molar-refractivity contribution in [3.8, 4) is 0 Å². The van der Waals surface area contributed by atoms with E-state index in [0.717, 1.165) is 64.1 Å². The van der Waals surface area contributed by atoms with E-state index in [2.05, 4.69) is 20.8 Å². The number of hydrogen-bond donors (Lipinski definition) is 1. The van der Waals surface area contributed by atoms with Gasteiger partial charge in [-0.1, -0.05) is 163 Å². The van der Waals surface area contributed by atoms with Crippen LogP contribution in [0.1, 0.15) is 182 Å². The molecule has 9 heteroatoms. The summed E-state index contributed by atoms with van der Waals surface area (Å²) in [5.74, 6) is -0.515. The molecule has 0 atom stereocenters. The number of hydrogen-bond acceptors (Lipinski definition) is 6. The molecule has 0 aliphatic heterocycles. The maximum atomic E-state index is 14.0. The Balaban J connectivity index is 5.56. The molecule has 0 saturated carbocycles. The summed E-state index contributed by atoms with van der Waals surface area (Å²) in [6.45, 7) is 11.2. The van der Waals surface area contributed by atoms with Crippen molar-refractivity contribution < 1.29 is 24.3 Å². The van der Waals surface area contributed by atoms with E-state index >= 15 is 0 Å². The van der Waals surface area contributed by atoms with E-state index < -0.39 is 0 Å². The van der Waals surface area contributed by atoms with Crippen molar-refractivity contribution in [3.05, 3.63) is 0 Å². The van der Waals surface area contributed by atoms with Crippen LogP contribution in [0, 0.1) is 0 Å². The molecular formula is C42H82N4O5. The second-order valence-electron chi connectivity index (χ2n) is 14.7. The third-order valence-corrected chi connectivity index (χ3v) is 10.1. The Morgan fingerprint density at radius 1 is 0.431 bits per heavy atom. The van der Waals surface area contributed by atoms with Crippen LogP contribution in [0.3, 0.4) is 0 Å². The molecule has 9 nitrogen and oxygen atoms in total. The first-order valence-corrected chi connectivity index (χ1v) is 21.5. The summed E-state index contributed by atoms with van der Waals surface area (Å²) < 4.78 is 0. The van der Waals surface area contributed by atoms with Crippen molar-refractivity contribution in [2.45, 2.75) is 182 Å². The fourth-order valence-corrected chi connectivity index (χ4v) is 6.61. The molecule has 0 radical (unpaired) electrons. The van der Waals surface area contributed by atoms with Gasteiger partial charge in [-0.25, -0.2) is 0 Å². The maximum Gasteiger partial charge on any atom is 0.242 e. The average Bonchev–Trinajstić information content (AvgIpc) is 3.12. The van der Waals surface area contributed by atoms with Crippen molar-refractivity contribution in [3.63, 3.8) is 0 Å². The van der Waals surface area contributed by atoms with E-state index in [1.165, 1.54) is 96.3 Å². The van der Waals surface area contributed by atoms with Crippen LogP contribution in [0.5, 0.6) is 0 Å². The van der Waals surface area contributed by atoms with Gasteiger partial charge in [-0.15, -0.1) is 0 Å². The van der Waals surface area contributed by atoms with Gasteiger partial charge in [-0.3, -0.25) is 19.3 Å². The fourth-order valence-electron chi connectivity index (χ4n) is 6.61. The summed E-state index contributed by atoms with van der Waals surface area (Å²) in [7, 11) is 0. The van der Waals surface area contributed by atoms with Crippen LogP contribution < -0.4 is 0 Å². The van der Waals surface area contributed by atoms with Gasteiger partial charge in [-0.05, 0) is 25.8 Å². The van der Waals surface area contributed by atoms with E-state index in [0.29, 0.717) is 32.7 Å². The minimum absolute atomic E-state index is 0.0250. The van der Waals surface area contributed by atoms with Gasteiger partial charge in [0.2, 0.25) is 17.7 Å². The van der Waals surface area contributed by atoms with Crippen molar-refractivity contribution >= 4 is 24.0 Å². The summed E-state index contributed by atoms with van der Waals surface area (Å²) in [5.41, 5.74) is 0. The highest BCUT2D eigenvalue weighted by molar-refractivity contribution is 5.89. The summed E-state index contributed by atoms with van der Waals surface area (Å²) >= 11 is 0. The molecule has 0 unspecified atom stereocenters. The standard InChI is InChI=1S/C42H82N4O5/c1-5-9-12-15-18-21-24-27-30-44(34-36-48)41(50)38-46(32-29-26-23-20-17-14-11-7-3)42(51)39-45(40(49)37-43(8-4)33-35-47)31-28-25-22-19-16-13-10-6-2/h36,47H,5-35,37-39H2,1-4H3. The summed E-state index contributed by atoms with van der Waals surface area (Å²) in [4.78, 5) is 59.5. The van der Waals surface area contributed by atoms with Gasteiger partial charge in [0, 0.05) is 26.2 Å². The third-order valence-electron chi connectivity index (χ3n) is 10.1. The first kappa shape index (κ1) is 49.0. The van der Waals surface area contributed by atoms with Gasteiger partial charge in [0.15, 0.2) is 0 Å². The number of carbonyl (C=O) groups excluding carboxylic acids is 4. The first-order chi connectivity index (χ1) is 24.9. The lowest BCUT2D eigenvalue weighted by Gasteiger charge is -2.30. The molecule has 0 aromatic carbocycles. The molecule has 0 bridgehead atoms. The Bertz CT molecular complexity index is 842. The van der Waals surface area contributed by atoms with E-state index in [1.54, 1.807) is 14.7 Å². The van der Waals surface area contributed by atoms with Crippen molar-refractivity contribution in [1.29, 1.82) is 0 Å². The Kier molecular flexibility index (Phi) is 34.9. The highest BCUT2D eigenvalue weighted by atomic mass is 16.3. The van der Waals surface area contributed by atoms with Gasteiger partial charge in [-0.2, -0.15) is 0 Å². The Morgan fingerprint density at radius 3 is 1.08 bits per heavy atom. The second kappa shape index (κ2) is 36.4. The smallest absolute Gasteiger partial charge is 0.242 e. The molecule has 0 fully saturated rings. The predicted molar refractivity (Wildman–Crippen MR) is 213 cm³/mol. The Hall–Kier alpha value is -2.00. The highest BCUT2D eigenvalue weighted by Gasteiger charge is 2.25. The average molecular weight is 723 g/mol. The maximum absolute atomic E-state index is 14.0. The van der Waals surface area contributed by atoms with Crippen molar-refractivity contribution in [2.24, 2.45) is 0 Å². The molecule has 0 aromatic heterocycles. The number of aliphatic hydroxyl groups excluding tert-OH is 1. The van der Waals surface area contributed by atoms with E-state index in [4.69, 9.17) is 0 Å². The Labute approximate surface area is 314 Å². The van der Waals surface area contributed by atoms with Crippen LogP contribution >= 0.6 is 0 Å². The fraction of sp³-hybridized carbons (Fsp3) is 0.905. The molecule has 0 aliphatic rings. The lowest BCUT2D eigenvalue weighted by atomic mass is 10.1. The van der Waals surface area contributed by atoms with Crippen LogP contribution in [-0.2, 0) is 19.2 Å². The SMILES string of the molecule is CCCCCCCCCCN(CC=O)C(=O)CN(CCCCCCCCCC)C(=O)CN(CCCCCCCCCC)C(=O)CN(CC)CCO. The van der Waals surface area contributed by atoms with Gasteiger partial charge < -0.3 is 24.6 Å². The lowest BCUT2D eigenvalue weighted by molar-refractivity contribution is -0.145. The zero-order chi connectivity index (χ0) is 37.8. The number of amides is 3. The van der Waals surface area contributed by atoms with E-state index in [-0.39, 0.29) is 50.5 Å². The normalized spacial score (nSPS) is 11.3. The van der Waals surface area contributed by atoms with Gasteiger partial charge in [0.1, 0.15) is 6.29 Å². The largest absolute Gasteiger partial charge is 0.395 e. The predicted octanol–water partition coefficient (Wildman–Crippen LogP) is 8.41. The van der Waals surface area contributed by atoms with Crippen LogP contribution in [-0.4, -0.2) is 114 Å². The Morgan fingerprint density at radius 2 is 0.745 bits per heavy atom. The highest BCUT2D eigenvalue weighted by Crippen LogP contribution is 2.13. The lowest BCUT2D eigenvalue weighted by Crippen LogP contribution is -2.50. The first-order valence-electron chi connectivity index (χ1n) is 21.5. The molecule has 300 valence electrons. The van der Waals surface area contributed by atoms with E-state index in [1.807, 2.05) is 11.8 Å². The third kappa shape index (κ3) is 28.2. The number of likely N-dealkylation sites (N-methyl/N-ethyl adjacent to an activating group) is 1. The van der Waals surface area contributed by atoms with Crippen molar-refractivity contribution in [1.82, 2.24) is 19.6 Å². The summed E-state index contributed by atoms with van der Waals surface area (Å²) in [6, 6.07) is 0. The number of aliphatic hydroxyl groups is 1. The molecule has 0 aromatic rings. The van der Waals surface area contributed by atoms with Gasteiger partial charge >= 0.3 is 0 Å². The minimum Gasteiger partial charge on any atom is -0.395 e. The number of carbonyl (C=O) groups is 4. The zero-order valence-electron chi connectivity index (χ0n) is 34.0. The van der Waals surface area contributed by atoms with Crippen LogP contribution in [0.2, 0.25) is 0 Å². The molecule has 51 heavy (non-hydrogen) atoms. The van der Waals surface area contributed by atoms with E-state index in [9.17, 15) is 24.3 Å². The molecule has 0 heterocycles. The number of nitrogens with zero attached hydrogens (tertiary/aromatic N) is 4. The van der Waals surface area contributed by atoms with Gasteiger partial charge in [0.25, 0.3) is 0 Å². The monoisotopic (exact) mass is 723 g/mol. The molecule has 0 aliphatic carbocycles. The minimum atomic E-state index is -0.206. The quantitative estimate of drug-likeness (QED) is 0.0508. The number of unbranched alkanes of at least 4 members (excludes halogenated alkanes) is 21. The summed E-state index contributed by atoms with van der Waals surface area (Å²) in [5, 5.41) is 9.49. The molecule has 1 N–H and O–H groups in total. The second-order valence-corrected chi connectivity index (χ2v) is 14.7. The molecule has 3 amide bonds. The van der Waals surface area contributed by atoms with Crippen molar-refractivity contribution in [2.75, 3.05) is 65.5 Å². The van der Waals surface area contributed by atoms with Crippen LogP contribution in [0.4, 0.5) is 0 Å². The molecular weight excluding hydrogens is 640 g/mol. The molecule has 0 spiro atoms. The molecule has 0 rings (SSSR count).